The largest absolute Gasteiger partial charge is 0.493 e. The number of hydrogen-bond donors (Lipinski definition) is 1. The Morgan fingerprint density at radius 1 is 1.11 bits per heavy atom. The molecule has 7 heteroatoms. The van der Waals surface area contributed by atoms with Crippen LogP contribution in [0.2, 0.25) is 5.02 Å². The third-order valence-electron chi connectivity index (χ3n) is 7.53. The van der Waals surface area contributed by atoms with Gasteiger partial charge in [-0.1, -0.05) is 23.7 Å². The lowest BCUT2D eigenvalue weighted by Gasteiger charge is -2.46. The monoisotopic (exact) mass is 514 g/mol. The first-order valence-corrected chi connectivity index (χ1v) is 13.4. The van der Waals surface area contributed by atoms with Crippen molar-refractivity contribution in [2.45, 2.75) is 76.6 Å². The predicted octanol–water partition coefficient (Wildman–Crippen LogP) is 5.24. The second-order valence-electron chi connectivity index (χ2n) is 10.3. The molecule has 196 valence electrons. The quantitative estimate of drug-likeness (QED) is 0.496. The van der Waals surface area contributed by atoms with Gasteiger partial charge in [-0.15, -0.1) is 0 Å². The summed E-state index contributed by atoms with van der Waals surface area (Å²) >= 11 is 6.23. The molecule has 6 nitrogen and oxygen atoms in total. The molecule has 2 aromatic carbocycles. The summed E-state index contributed by atoms with van der Waals surface area (Å²) in [6.45, 7) is 5.12. The molecule has 0 aromatic heterocycles. The smallest absolute Gasteiger partial charge is 0.228 e. The molecule has 0 bridgehead atoms. The van der Waals surface area contributed by atoms with Crippen LogP contribution in [0.4, 0.5) is 0 Å². The van der Waals surface area contributed by atoms with E-state index >= 15 is 0 Å². The maximum absolute atomic E-state index is 13.7. The Bertz CT molecular complexity index is 1030. The molecule has 1 amide bonds. The summed E-state index contributed by atoms with van der Waals surface area (Å²) < 4.78 is 11.7. The Labute approximate surface area is 220 Å². The van der Waals surface area contributed by atoms with E-state index in [1.54, 1.807) is 7.11 Å². The van der Waals surface area contributed by atoms with Crippen LogP contribution in [0.1, 0.15) is 68.7 Å². The summed E-state index contributed by atoms with van der Waals surface area (Å²) in [4.78, 5) is 18.2. The van der Waals surface area contributed by atoms with Gasteiger partial charge >= 0.3 is 0 Å². The van der Waals surface area contributed by atoms with Crippen molar-refractivity contribution in [3.63, 3.8) is 0 Å². The molecule has 1 saturated carbocycles. The second-order valence-corrected chi connectivity index (χ2v) is 10.8. The predicted molar refractivity (Wildman–Crippen MR) is 143 cm³/mol. The van der Waals surface area contributed by atoms with Crippen LogP contribution in [0.25, 0.3) is 0 Å². The molecule has 1 fully saturated rings. The van der Waals surface area contributed by atoms with Gasteiger partial charge in [0.15, 0.2) is 11.5 Å². The number of aliphatic hydroxyl groups is 1. The Morgan fingerprint density at radius 3 is 2.42 bits per heavy atom. The lowest BCUT2D eigenvalue weighted by molar-refractivity contribution is -0.137. The van der Waals surface area contributed by atoms with Crippen LogP contribution in [0.3, 0.4) is 0 Å². The molecule has 0 radical (unpaired) electrons. The second kappa shape index (κ2) is 11.8. The van der Waals surface area contributed by atoms with Crippen LogP contribution >= 0.6 is 11.6 Å². The molecule has 1 unspecified atom stereocenters. The fraction of sp³-hybridized carbons (Fsp3) is 0.552. The Kier molecular flexibility index (Phi) is 8.81. The lowest BCUT2D eigenvalue weighted by Crippen LogP contribution is -2.50. The normalized spacial score (nSPS) is 22.2. The van der Waals surface area contributed by atoms with E-state index in [2.05, 4.69) is 22.9 Å². The number of benzene rings is 2. The molecule has 0 spiro atoms. The van der Waals surface area contributed by atoms with Crippen molar-refractivity contribution >= 4 is 17.5 Å². The number of methoxy groups -OCH3 is 1. The van der Waals surface area contributed by atoms with Crippen LogP contribution in [-0.4, -0.2) is 66.3 Å². The summed E-state index contributed by atoms with van der Waals surface area (Å²) in [5, 5.41) is 9.87. The number of carbonyl (C=O) groups is 1. The van der Waals surface area contributed by atoms with Gasteiger partial charge in [-0.2, -0.15) is 0 Å². The number of amides is 1. The fourth-order valence-electron chi connectivity index (χ4n) is 5.76. The fourth-order valence-corrected chi connectivity index (χ4v) is 5.88. The van der Waals surface area contributed by atoms with Gasteiger partial charge in [-0.25, -0.2) is 0 Å². The van der Waals surface area contributed by atoms with Crippen molar-refractivity contribution in [1.82, 2.24) is 9.80 Å². The first-order chi connectivity index (χ1) is 17.3. The number of halogens is 1. The Hall–Kier alpha value is -2.28. The molecule has 1 atom stereocenters. The summed E-state index contributed by atoms with van der Waals surface area (Å²) in [5.74, 6) is 1.51. The topological polar surface area (TPSA) is 62.2 Å². The highest BCUT2D eigenvalue weighted by Gasteiger charge is 2.40. The highest BCUT2D eigenvalue weighted by Crippen LogP contribution is 2.44. The van der Waals surface area contributed by atoms with Gasteiger partial charge in [0.1, 0.15) is 0 Å². The van der Waals surface area contributed by atoms with Crippen molar-refractivity contribution in [3.8, 4) is 11.5 Å². The Balaban J connectivity index is 1.69. The minimum Gasteiger partial charge on any atom is -0.493 e. The zero-order valence-corrected chi connectivity index (χ0v) is 22.6. The van der Waals surface area contributed by atoms with Crippen LogP contribution < -0.4 is 9.47 Å². The molecule has 1 heterocycles. The minimum absolute atomic E-state index is 0.00496. The molecular formula is C29H39ClN2O4. The standard InChI is InChI=1S/C29H39ClN2O4/c1-19(2)36-27-18-25-21(16-26(27)35-4)17-28(34)32(29(25)20-6-8-22(30)9-7-20)24-12-10-23(11-13-24)31(3)14-5-15-33/h6-9,16,18-19,23-24,29,33H,5,10-15,17H2,1-4H3/t23-,24-,29?. The van der Waals surface area contributed by atoms with E-state index in [1.165, 1.54) is 0 Å². The average Bonchev–Trinajstić information content (AvgIpc) is 2.87. The van der Waals surface area contributed by atoms with E-state index in [-0.39, 0.29) is 30.7 Å². The maximum Gasteiger partial charge on any atom is 0.228 e. The Morgan fingerprint density at radius 2 is 1.81 bits per heavy atom. The van der Waals surface area contributed by atoms with E-state index in [9.17, 15) is 9.90 Å². The number of rotatable bonds is 9. The van der Waals surface area contributed by atoms with E-state index in [0.717, 1.165) is 55.3 Å². The zero-order chi connectivity index (χ0) is 25.8. The maximum atomic E-state index is 13.7. The summed E-state index contributed by atoms with van der Waals surface area (Å²) in [6, 6.07) is 12.4. The number of fused-ring (bicyclic) bond motifs is 1. The SMILES string of the molecule is COc1cc2c(cc1OC(C)C)C(c1ccc(Cl)cc1)N([C@H]1CC[C@H](N(C)CCCO)CC1)C(=O)C2. The number of hydrogen-bond acceptors (Lipinski definition) is 5. The molecule has 36 heavy (non-hydrogen) atoms. The van der Waals surface area contributed by atoms with Crippen molar-refractivity contribution < 1.29 is 19.4 Å². The number of aliphatic hydroxyl groups excluding tert-OH is 1. The molecule has 1 aliphatic heterocycles. The van der Waals surface area contributed by atoms with E-state index in [4.69, 9.17) is 21.1 Å². The third-order valence-corrected chi connectivity index (χ3v) is 7.78. The van der Waals surface area contributed by atoms with Crippen LogP contribution in [0, 0.1) is 0 Å². The van der Waals surface area contributed by atoms with Crippen molar-refractivity contribution in [2.24, 2.45) is 0 Å². The number of carbonyl (C=O) groups excluding carboxylic acids is 1. The molecule has 2 aliphatic rings. The number of ether oxygens (including phenoxy) is 2. The van der Waals surface area contributed by atoms with E-state index < -0.39 is 0 Å². The molecule has 2 aromatic rings. The third kappa shape index (κ3) is 5.82. The highest BCUT2D eigenvalue weighted by molar-refractivity contribution is 6.30. The summed E-state index contributed by atoms with van der Waals surface area (Å²) in [7, 11) is 3.78. The van der Waals surface area contributed by atoms with Gasteiger partial charge in [0, 0.05) is 30.3 Å². The van der Waals surface area contributed by atoms with Gasteiger partial charge in [0.25, 0.3) is 0 Å². The van der Waals surface area contributed by atoms with Crippen LogP contribution in [0.15, 0.2) is 36.4 Å². The molecule has 4 rings (SSSR count). The van der Waals surface area contributed by atoms with Gasteiger partial charge in [-0.05, 0) is 94.0 Å². The summed E-state index contributed by atoms with van der Waals surface area (Å²) in [6.07, 6.45) is 5.16. The molecule has 0 saturated heterocycles. The van der Waals surface area contributed by atoms with Gasteiger partial charge < -0.3 is 24.4 Å². The van der Waals surface area contributed by atoms with Gasteiger partial charge in [-0.3, -0.25) is 4.79 Å². The minimum atomic E-state index is -0.201. The summed E-state index contributed by atoms with van der Waals surface area (Å²) in [5.41, 5.74) is 3.13. The average molecular weight is 515 g/mol. The zero-order valence-electron chi connectivity index (χ0n) is 21.9. The van der Waals surface area contributed by atoms with Crippen LogP contribution in [-0.2, 0) is 11.2 Å². The van der Waals surface area contributed by atoms with Crippen molar-refractivity contribution in [2.75, 3.05) is 27.3 Å². The van der Waals surface area contributed by atoms with Crippen molar-refractivity contribution in [1.29, 1.82) is 0 Å². The highest BCUT2D eigenvalue weighted by atomic mass is 35.5. The number of nitrogens with zero attached hydrogens (tertiary/aromatic N) is 2. The lowest BCUT2D eigenvalue weighted by atomic mass is 9.82. The van der Waals surface area contributed by atoms with Crippen molar-refractivity contribution in [3.05, 3.63) is 58.1 Å². The van der Waals surface area contributed by atoms with E-state index in [1.807, 2.05) is 44.2 Å². The van der Waals surface area contributed by atoms with Gasteiger partial charge in [0.2, 0.25) is 5.91 Å². The molecular weight excluding hydrogens is 476 g/mol. The first kappa shape index (κ1) is 26.8. The van der Waals surface area contributed by atoms with Gasteiger partial charge in [0.05, 0.1) is 25.7 Å². The first-order valence-electron chi connectivity index (χ1n) is 13.1. The van der Waals surface area contributed by atoms with E-state index in [0.29, 0.717) is 29.0 Å². The van der Waals surface area contributed by atoms with Crippen LogP contribution in [0.5, 0.6) is 11.5 Å². The molecule has 1 N–H and O–H groups in total. The molecule has 1 aliphatic carbocycles.